The molecular weight excluding hydrogens is 689 g/mol. The van der Waals surface area contributed by atoms with Crippen molar-refractivity contribution in [3.63, 3.8) is 0 Å². The van der Waals surface area contributed by atoms with Crippen molar-refractivity contribution in [2.45, 2.75) is 78.3 Å². The number of thiazole rings is 1. The second kappa shape index (κ2) is 16.7. The third kappa shape index (κ3) is 8.63. The molecule has 0 radical (unpaired) electrons. The van der Waals surface area contributed by atoms with Crippen molar-refractivity contribution < 1.29 is 38.2 Å². The number of imidazole rings is 1. The molecule has 5 rings (SSSR count). The Morgan fingerprint density at radius 1 is 0.769 bits per heavy atom. The highest BCUT2D eigenvalue weighted by molar-refractivity contribution is 7.20. The van der Waals surface area contributed by atoms with E-state index in [-0.39, 0.29) is 48.3 Å². The number of aromatic nitrogens is 2. The molecule has 2 saturated heterocycles. The second-order valence-electron chi connectivity index (χ2n) is 14.1. The van der Waals surface area contributed by atoms with Crippen LogP contribution in [0.1, 0.15) is 66.2 Å². The Morgan fingerprint density at radius 2 is 1.27 bits per heavy atom. The van der Waals surface area contributed by atoms with Gasteiger partial charge in [0.15, 0.2) is 10.8 Å². The van der Waals surface area contributed by atoms with Crippen LogP contribution < -0.4 is 10.6 Å². The summed E-state index contributed by atoms with van der Waals surface area (Å²) >= 11 is 1.43. The predicted octanol–water partition coefficient (Wildman–Crippen LogP) is 4.59. The summed E-state index contributed by atoms with van der Waals surface area (Å²) in [5.74, 6) is -2.85. The third-order valence-electron chi connectivity index (χ3n) is 9.99. The highest BCUT2D eigenvalue weighted by Crippen LogP contribution is 2.32. The summed E-state index contributed by atoms with van der Waals surface area (Å²) in [6.45, 7) is 8.43. The lowest BCUT2D eigenvalue weighted by Crippen LogP contribution is -2.47. The molecule has 4 amide bonds. The molecule has 2 fully saturated rings. The van der Waals surface area contributed by atoms with E-state index in [1.165, 1.54) is 25.6 Å². The van der Waals surface area contributed by atoms with Crippen molar-refractivity contribution in [3.8, 4) is 10.4 Å². The van der Waals surface area contributed by atoms with E-state index in [0.717, 1.165) is 10.4 Å². The van der Waals surface area contributed by atoms with E-state index in [2.05, 4.69) is 15.6 Å². The van der Waals surface area contributed by atoms with Crippen molar-refractivity contribution in [2.75, 3.05) is 37.9 Å². The fourth-order valence-corrected chi connectivity index (χ4v) is 7.89. The van der Waals surface area contributed by atoms with Crippen LogP contribution in [0.15, 0.2) is 36.7 Å². The van der Waals surface area contributed by atoms with Crippen LogP contribution in [-0.2, 0) is 38.2 Å². The molecule has 1 unspecified atom stereocenters. The van der Waals surface area contributed by atoms with Gasteiger partial charge < -0.3 is 29.9 Å². The van der Waals surface area contributed by atoms with Crippen LogP contribution in [0, 0.1) is 23.7 Å². The minimum Gasteiger partial charge on any atom is -0.469 e. The van der Waals surface area contributed by atoms with Crippen LogP contribution in [0.5, 0.6) is 0 Å². The maximum absolute atomic E-state index is 13.4. The molecule has 4 heterocycles. The topological polar surface area (TPSA) is 169 Å². The monoisotopic (exact) mass is 736 g/mol. The van der Waals surface area contributed by atoms with Gasteiger partial charge in [0.25, 0.3) is 0 Å². The normalized spacial score (nSPS) is 18.5. The smallest absolute Gasteiger partial charge is 0.306 e. The number of ether oxygens (including phenoxy) is 2. The van der Waals surface area contributed by atoms with E-state index in [0.29, 0.717) is 55.2 Å². The number of nitrogens with zero attached hydrogens (tertiary/aromatic N) is 4. The summed E-state index contributed by atoms with van der Waals surface area (Å²) in [5.41, 5.74) is 1.50. The molecule has 0 spiro atoms. The molecule has 0 saturated carbocycles. The number of hydrogen-bond donors (Lipinski definition) is 2. The van der Waals surface area contributed by atoms with E-state index >= 15 is 0 Å². The van der Waals surface area contributed by atoms with Gasteiger partial charge >= 0.3 is 11.9 Å². The average Bonchev–Trinajstić information content (AvgIpc) is 3.93. The summed E-state index contributed by atoms with van der Waals surface area (Å²) < 4.78 is 11.4. The maximum atomic E-state index is 13.4. The molecule has 2 aromatic heterocycles. The molecule has 1 aromatic carbocycles. The van der Waals surface area contributed by atoms with Crippen LogP contribution in [0.4, 0.5) is 11.5 Å². The Kier molecular flexibility index (Phi) is 12.3. The molecular formula is C37H48N6O8S. The van der Waals surface area contributed by atoms with Crippen molar-refractivity contribution >= 4 is 63.4 Å². The molecule has 14 nitrogen and oxygen atoms in total. The first-order chi connectivity index (χ1) is 24.8. The minimum absolute atomic E-state index is 0.0239. The molecule has 2 aliphatic heterocycles. The van der Waals surface area contributed by atoms with E-state index in [4.69, 9.17) is 9.47 Å². The van der Waals surface area contributed by atoms with Crippen molar-refractivity contribution in [2.24, 2.45) is 23.7 Å². The van der Waals surface area contributed by atoms with Gasteiger partial charge in [0.05, 0.1) is 50.0 Å². The molecule has 2 N–H and O–H groups in total. The van der Waals surface area contributed by atoms with Crippen molar-refractivity contribution in [3.05, 3.63) is 36.7 Å². The van der Waals surface area contributed by atoms with Crippen LogP contribution in [0.2, 0.25) is 0 Å². The van der Waals surface area contributed by atoms with E-state index in [1.54, 1.807) is 28.1 Å². The largest absolute Gasteiger partial charge is 0.469 e. The number of rotatable bonds is 13. The van der Waals surface area contributed by atoms with Crippen molar-refractivity contribution in [1.82, 2.24) is 19.2 Å². The lowest BCUT2D eigenvalue weighted by atomic mass is 9.90. The van der Waals surface area contributed by atoms with Gasteiger partial charge in [0.2, 0.25) is 23.6 Å². The number of methoxy groups -OCH3 is 2. The Balaban J connectivity index is 1.19. The first-order valence-corrected chi connectivity index (χ1v) is 18.6. The Hall–Kier alpha value is -4.79. The number of amides is 4. The molecule has 0 aliphatic carbocycles. The summed E-state index contributed by atoms with van der Waals surface area (Å²) in [6.07, 6.45) is 6.03. The standard InChI is InChI=1S/C37H48N6O8S/c1-21(2)25(17-31(44)50-5)35(48)42-15-7-9-27(42)33(46)38-24-13-11-23(12-14-24)29-19-41-20-30(40-37(41)52-29)39-34(47)28-10-8-16-43(28)36(49)26(22(3)4)18-32(45)51-6/h11-14,19-22,25-28H,7-10,15-18H2,1-6H3,(H,38,46)(H,39,47)/t25-,26-,27?,28-/m0/s1. The first-order valence-electron chi connectivity index (χ1n) is 17.8. The van der Waals surface area contributed by atoms with Gasteiger partial charge in [-0.05, 0) is 55.2 Å². The number of hydrogen-bond acceptors (Lipinski definition) is 10. The van der Waals surface area contributed by atoms with Crippen LogP contribution >= 0.6 is 11.3 Å². The number of esters is 2. The van der Waals surface area contributed by atoms with Gasteiger partial charge in [-0.25, -0.2) is 4.98 Å². The number of benzene rings is 1. The van der Waals surface area contributed by atoms with E-state index in [9.17, 15) is 28.8 Å². The van der Waals surface area contributed by atoms with Gasteiger partial charge in [-0.1, -0.05) is 51.2 Å². The van der Waals surface area contributed by atoms with Gasteiger partial charge in [0, 0.05) is 25.0 Å². The number of likely N-dealkylation sites (tertiary alicyclic amines) is 2. The zero-order chi connectivity index (χ0) is 37.7. The predicted molar refractivity (Wildman–Crippen MR) is 195 cm³/mol. The minimum atomic E-state index is -0.651. The Bertz CT molecular complexity index is 1770. The number of carbonyl (C=O) groups excluding carboxylic acids is 6. The van der Waals surface area contributed by atoms with E-state index in [1.807, 2.05) is 50.4 Å². The highest BCUT2D eigenvalue weighted by atomic mass is 32.1. The molecule has 52 heavy (non-hydrogen) atoms. The summed E-state index contributed by atoms with van der Waals surface area (Å²) in [4.78, 5) is 86.7. The number of carbonyl (C=O) groups is 6. The number of anilines is 2. The fraction of sp³-hybridized carbons (Fsp3) is 0.541. The lowest BCUT2D eigenvalue weighted by Gasteiger charge is -2.29. The number of fused-ring (bicyclic) bond motifs is 1. The zero-order valence-electron chi connectivity index (χ0n) is 30.5. The fourth-order valence-electron chi connectivity index (χ4n) is 6.92. The molecule has 15 heteroatoms. The average molecular weight is 737 g/mol. The highest BCUT2D eigenvalue weighted by Gasteiger charge is 2.40. The summed E-state index contributed by atoms with van der Waals surface area (Å²) in [6, 6.07) is 6.12. The van der Waals surface area contributed by atoms with Gasteiger partial charge in [0.1, 0.15) is 12.1 Å². The Morgan fingerprint density at radius 3 is 1.73 bits per heavy atom. The summed E-state index contributed by atoms with van der Waals surface area (Å²) in [7, 11) is 2.60. The SMILES string of the molecule is COC(=O)C[C@H](C(=O)N1CCCC1C(=O)Nc1ccc(-c2cn3cc(NC(=O)[C@@H]4CCCN4C(=O)[C@@H](CC(=O)OC)C(C)C)nc3s2)cc1)C(C)C. The molecule has 3 aromatic rings. The zero-order valence-corrected chi connectivity index (χ0v) is 31.4. The quantitative estimate of drug-likeness (QED) is 0.239. The van der Waals surface area contributed by atoms with Gasteiger partial charge in [-0.2, -0.15) is 0 Å². The second-order valence-corrected chi connectivity index (χ2v) is 15.1. The van der Waals surface area contributed by atoms with Gasteiger partial charge in [-0.3, -0.25) is 33.2 Å². The van der Waals surface area contributed by atoms with E-state index < -0.39 is 35.9 Å². The van der Waals surface area contributed by atoms with Crippen molar-refractivity contribution in [1.29, 1.82) is 0 Å². The molecule has 4 atom stereocenters. The Labute approximate surface area is 307 Å². The lowest BCUT2D eigenvalue weighted by molar-refractivity contribution is -0.149. The van der Waals surface area contributed by atoms with Crippen LogP contribution in [0.3, 0.4) is 0 Å². The molecule has 0 bridgehead atoms. The molecule has 2 aliphatic rings. The van der Waals surface area contributed by atoms with Crippen LogP contribution in [-0.4, -0.2) is 94.1 Å². The first kappa shape index (κ1) is 38.4. The summed E-state index contributed by atoms with van der Waals surface area (Å²) in [5, 5.41) is 5.82. The third-order valence-corrected chi connectivity index (χ3v) is 11.0. The van der Waals surface area contributed by atoms with Crippen LogP contribution in [0.25, 0.3) is 15.4 Å². The van der Waals surface area contributed by atoms with Gasteiger partial charge in [-0.15, -0.1) is 0 Å². The molecule has 280 valence electrons. The number of nitrogens with one attached hydrogen (secondary N) is 2. The maximum Gasteiger partial charge on any atom is 0.306 e.